The van der Waals surface area contributed by atoms with Crippen molar-refractivity contribution in [3.8, 4) is 0 Å². The maximum Gasteiger partial charge on any atom is 0.434 e. The minimum absolute atomic E-state index is 0.00250. The first-order chi connectivity index (χ1) is 16.0. The SMILES string of the molecule is CCCCON(CC(CC(C)C)C(=O)N1C(=O)OC[C@H]1Cc1ccccc1)C(=O)OC(C)(C)C. The Bertz CT molecular complexity index is 805. The summed E-state index contributed by atoms with van der Waals surface area (Å²) in [5.74, 6) is -0.834. The van der Waals surface area contributed by atoms with Gasteiger partial charge in [0.25, 0.3) is 0 Å². The molecule has 0 saturated carbocycles. The van der Waals surface area contributed by atoms with Gasteiger partial charge in [-0.15, -0.1) is 0 Å². The topological polar surface area (TPSA) is 85.4 Å². The molecule has 0 aliphatic carbocycles. The smallest absolute Gasteiger partial charge is 0.434 e. The first-order valence-corrected chi connectivity index (χ1v) is 12.2. The van der Waals surface area contributed by atoms with Crippen molar-refractivity contribution in [1.29, 1.82) is 0 Å². The average molecular weight is 477 g/mol. The second-order valence-corrected chi connectivity index (χ2v) is 10.2. The molecular weight excluding hydrogens is 436 g/mol. The van der Waals surface area contributed by atoms with E-state index in [0.29, 0.717) is 19.4 Å². The number of rotatable bonds is 11. The second kappa shape index (κ2) is 12.7. The summed E-state index contributed by atoms with van der Waals surface area (Å²) in [6.45, 7) is 11.8. The normalized spacial score (nSPS) is 17.0. The summed E-state index contributed by atoms with van der Waals surface area (Å²) in [5.41, 5.74) is 0.308. The van der Waals surface area contributed by atoms with Crippen LogP contribution in [-0.2, 0) is 25.5 Å². The van der Waals surface area contributed by atoms with Crippen LogP contribution in [0.5, 0.6) is 0 Å². The van der Waals surface area contributed by atoms with Crippen molar-refractivity contribution in [3.05, 3.63) is 35.9 Å². The van der Waals surface area contributed by atoms with Gasteiger partial charge in [0.2, 0.25) is 5.91 Å². The van der Waals surface area contributed by atoms with E-state index in [4.69, 9.17) is 14.3 Å². The summed E-state index contributed by atoms with van der Waals surface area (Å²) in [5, 5.41) is 1.14. The first kappa shape index (κ1) is 27.6. The molecule has 0 aromatic heterocycles. The van der Waals surface area contributed by atoms with Crippen LogP contribution in [0.15, 0.2) is 30.3 Å². The van der Waals surface area contributed by atoms with Crippen molar-refractivity contribution in [3.63, 3.8) is 0 Å². The van der Waals surface area contributed by atoms with Crippen LogP contribution in [0.25, 0.3) is 0 Å². The van der Waals surface area contributed by atoms with Gasteiger partial charge in [0.15, 0.2) is 0 Å². The molecule has 8 nitrogen and oxygen atoms in total. The fourth-order valence-electron chi connectivity index (χ4n) is 3.80. The molecule has 1 aromatic rings. The highest BCUT2D eigenvalue weighted by molar-refractivity contribution is 5.95. The molecule has 1 unspecified atom stereocenters. The molecule has 8 heteroatoms. The Kier molecular flexibility index (Phi) is 10.4. The van der Waals surface area contributed by atoms with E-state index >= 15 is 0 Å². The molecule has 2 rings (SSSR count). The summed E-state index contributed by atoms with van der Waals surface area (Å²) < 4.78 is 10.8. The molecule has 0 N–H and O–H groups in total. The highest BCUT2D eigenvalue weighted by atomic mass is 16.7. The van der Waals surface area contributed by atoms with E-state index in [9.17, 15) is 14.4 Å². The van der Waals surface area contributed by atoms with Crippen LogP contribution in [0.4, 0.5) is 9.59 Å². The Labute approximate surface area is 203 Å². The van der Waals surface area contributed by atoms with Gasteiger partial charge in [-0.25, -0.2) is 14.5 Å². The number of amides is 3. The van der Waals surface area contributed by atoms with Gasteiger partial charge in [0.05, 0.1) is 25.1 Å². The lowest BCUT2D eigenvalue weighted by atomic mass is 9.94. The first-order valence-electron chi connectivity index (χ1n) is 12.2. The van der Waals surface area contributed by atoms with Crippen molar-refractivity contribution < 1.29 is 28.7 Å². The maximum atomic E-state index is 13.7. The van der Waals surface area contributed by atoms with E-state index in [-0.39, 0.29) is 25.0 Å². The largest absolute Gasteiger partial charge is 0.447 e. The van der Waals surface area contributed by atoms with Gasteiger partial charge >= 0.3 is 12.2 Å². The zero-order chi connectivity index (χ0) is 25.3. The van der Waals surface area contributed by atoms with E-state index in [1.54, 1.807) is 20.8 Å². The number of hydrogen-bond acceptors (Lipinski definition) is 6. The molecular formula is C26H40N2O6. The van der Waals surface area contributed by atoms with Gasteiger partial charge < -0.3 is 9.47 Å². The number of carbonyl (C=O) groups is 3. The molecule has 1 heterocycles. The lowest BCUT2D eigenvalue weighted by Crippen LogP contribution is -2.48. The standard InChI is InChI=1S/C26H40N2O6/c1-7-8-14-33-27(24(30)34-26(4,5)6)17-21(15-19(2)3)23(29)28-22(18-32-25(28)31)16-20-12-10-9-11-13-20/h9-13,19,21-22H,7-8,14-18H2,1-6H3/t21?,22-/m1/s1. The molecule has 0 bridgehead atoms. The van der Waals surface area contributed by atoms with Gasteiger partial charge in [-0.05, 0) is 51.5 Å². The summed E-state index contributed by atoms with van der Waals surface area (Å²) in [6.07, 6.45) is 1.37. The van der Waals surface area contributed by atoms with Crippen molar-refractivity contribution in [2.45, 2.75) is 78.9 Å². The van der Waals surface area contributed by atoms with E-state index in [2.05, 4.69) is 0 Å². The molecule has 1 saturated heterocycles. The molecule has 0 radical (unpaired) electrons. The molecule has 0 spiro atoms. The summed E-state index contributed by atoms with van der Waals surface area (Å²) in [7, 11) is 0. The Morgan fingerprint density at radius 3 is 2.47 bits per heavy atom. The molecule has 1 aromatic carbocycles. The third-order valence-corrected chi connectivity index (χ3v) is 5.35. The number of hydrogen-bond donors (Lipinski definition) is 0. The number of ether oxygens (including phenoxy) is 2. The van der Waals surface area contributed by atoms with Gasteiger partial charge in [-0.2, -0.15) is 5.06 Å². The zero-order valence-corrected chi connectivity index (χ0v) is 21.4. The molecule has 1 fully saturated rings. The average Bonchev–Trinajstić information content (AvgIpc) is 3.11. The Morgan fingerprint density at radius 2 is 1.88 bits per heavy atom. The quantitative estimate of drug-likeness (QED) is 0.322. The van der Waals surface area contributed by atoms with Crippen molar-refractivity contribution in [2.24, 2.45) is 11.8 Å². The van der Waals surface area contributed by atoms with Crippen LogP contribution in [0.3, 0.4) is 0 Å². The van der Waals surface area contributed by atoms with E-state index < -0.39 is 29.7 Å². The lowest BCUT2D eigenvalue weighted by molar-refractivity contribution is -0.162. The highest BCUT2D eigenvalue weighted by Gasteiger charge is 2.42. The van der Waals surface area contributed by atoms with Crippen LogP contribution < -0.4 is 0 Å². The van der Waals surface area contributed by atoms with E-state index in [0.717, 1.165) is 23.5 Å². The van der Waals surface area contributed by atoms with Crippen molar-refractivity contribution in [1.82, 2.24) is 9.96 Å². The summed E-state index contributed by atoms with van der Waals surface area (Å²) >= 11 is 0. The Morgan fingerprint density at radius 1 is 1.21 bits per heavy atom. The van der Waals surface area contributed by atoms with Crippen LogP contribution in [-0.4, -0.2) is 59.5 Å². The number of hydroxylamine groups is 2. The minimum atomic E-state index is -0.708. The van der Waals surface area contributed by atoms with Gasteiger partial charge in [0.1, 0.15) is 12.2 Å². The van der Waals surface area contributed by atoms with Gasteiger partial charge in [-0.1, -0.05) is 57.5 Å². The predicted molar refractivity (Wildman–Crippen MR) is 129 cm³/mol. The second-order valence-electron chi connectivity index (χ2n) is 10.2. The van der Waals surface area contributed by atoms with E-state index in [1.807, 2.05) is 51.1 Å². The summed E-state index contributed by atoms with van der Waals surface area (Å²) in [4.78, 5) is 46.0. The third-order valence-electron chi connectivity index (χ3n) is 5.35. The highest BCUT2D eigenvalue weighted by Crippen LogP contribution is 2.24. The van der Waals surface area contributed by atoms with Crippen molar-refractivity contribution in [2.75, 3.05) is 19.8 Å². The third kappa shape index (κ3) is 8.63. The zero-order valence-electron chi connectivity index (χ0n) is 21.4. The fraction of sp³-hybridized carbons (Fsp3) is 0.654. The number of benzene rings is 1. The van der Waals surface area contributed by atoms with Crippen LogP contribution in [0.1, 0.15) is 66.4 Å². The predicted octanol–water partition coefficient (Wildman–Crippen LogP) is 5.21. The maximum absolute atomic E-state index is 13.7. The molecule has 3 amide bonds. The molecule has 190 valence electrons. The molecule has 34 heavy (non-hydrogen) atoms. The number of imide groups is 1. The molecule has 2 atom stereocenters. The van der Waals surface area contributed by atoms with Crippen LogP contribution in [0.2, 0.25) is 0 Å². The van der Waals surface area contributed by atoms with Crippen molar-refractivity contribution >= 4 is 18.1 Å². The van der Waals surface area contributed by atoms with Gasteiger partial charge in [-0.3, -0.25) is 9.63 Å². The lowest BCUT2D eigenvalue weighted by Gasteiger charge is -2.31. The van der Waals surface area contributed by atoms with Gasteiger partial charge in [0, 0.05) is 0 Å². The number of carbonyl (C=O) groups excluding carboxylic acids is 3. The Hall–Kier alpha value is -2.61. The van der Waals surface area contributed by atoms with Crippen LogP contribution in [0, 0.1) is 11.8 Å². The summed E-state index contributed by atoms with van der Waals surface area (Å²) in [6, 6.07) is 9.30. The van der Waals surface area contributed by atoms with E-state index in [1.165, 1.54) is 4.90 Å². The van der Waals surface area contributed by atoms with Crippen LogP contribution >= 0.6 is 0 Å². The Balaban J connectivity index is 2.23. The number of nitrogens with zero attached hydrogens (tertiary/aromatic N) is 2. The fourth-order valence-corrected chi connectivity index (χ4v) is 3.80. The molecule has 1 aliphatic heterocycles. The monoisotopic (exact) mass is 476 g/mol. The molecule has 1 aliphatic rings. The number of cyclic esters (lactones) is 1. The number of unbranched alkanes of at least 4 members (excludes halogenated alkanes) is 1. The minimum Gasteiger partial charge on any atom is -0.447 e.